The minimum absolute atomic E-state index is 0.0934. The van der Waals surface area contributed by atoms with Crippen LogP contribution >= 0.6 is 11.6 Å². The van der Waals surface area contributed by atoms with Crippen molar-refractivity contribution in [1.29, 1.82) is 0 Å². The maximum Gasteiger partial charge on any atom is 0.249 e. The zero-order chi connectivity index (χ0) is 13.4. The van der Waals surface area contributed by atoms with Gasteiger partial charge in [-0.1, -0.05) is 29.8 Å². The minimum Gasteiger partial charge on any atom is -0.381 e. The molecule has 3 N–H and O–H groups in total. The third-order valence-corrected chi connectivity index (χ3v) is 3.59. The number of benzene rings is 1. The highest BCUT2D eigenvalue weighted by Gasteiger charge is 2.26. The number of hydrogen-bond donors (Lipinski definition) is 2. The Morgan fingerprint density at radius 2 is 2.21 bits per heavy atom. The van der Waals surface area contributed by atoms with E-state index in [0.717, 1.165) is 17.7 Å². The predicted molar refractivity (Wildman–Crippen MR) is 74.1 cm³/mol. The third kappa shape index (κ3) is 2.17. The summed E-state index contributed by atoms with van der Waals surface area (Å²) in [5.74, 6) is 0.153. The number of fused-ring (bicyclic) bond motifs is 1. The van der Waals surface area contributed by atoms with Crippen LogP contribution in [0.25, 0.3) is 0 Å². The second-order valence-electron chi connectivity index (χ2n) is 4.54. The van der Waals surface area contributed by atoms with Gasteiger partial charge in [0.1, 0.15) is 11.1 Å². The highest BCUT2D eigenvalue weighted by molar-refractivity contribution is 6.32. The highest BCUT2D eigenvalue weighted by atomic mass is 35.5. The molecule has 1 aromatic heterocycles. The number of carbonyl (C=O) groups excluding carboxylic acids is 1. The summed E-state index contributed by atoms with van der Waals surface area (Å²) in [5, 5.41) is 7.38. The van der Waals surface area contributed by atoms with Crippen molar-refractivity contribution in [2.24, 2.45) is 0 Å². The highest BCUT2D eigenvalue weighted by Crippen LogP contribution is 2.28. The van der Waals surface area contributed by atoms with Crippen molar-refractivity contribution < 1.29 is 4.79 Å². The van der Waals surface area contributed by atoms with Gasteiger partial charge in [-0.05, 0) is 24.5 Å². The molecule has 0 saturated heterocycles. The number of nitrogens with one attached hydrogen (secondary N) is 1. The summed E-state index contributed by atoms with van der Waals surface area (Å²) in [5.41, 5.74) is 7.61. The molecule has 0 radical (unpaired) electrons. The van der Waals surface area contributed by atoms with Gasteiger partial charge in [-0.2, -0.15) is 5.10 Å². The van der Waals surface area contributed by atoms with Crippen molar-refractivity contribution in [3.63, 3.8) is 0 Å². The Morgan fingerprint density at radius 3 is 2.95 bits per heavy atom. The molecule has 3 rings (SSSR count). The average Bonchev–Trinajstić information content (AvgIpc) is 2.62. The molecule has 1 amide bonds. The van der Waals surface area contributed by atoms with E-state index in [-0.39, 0.29) is 17.8 Å². The van der Waals surface area contributed by atoms with Gasteiger partial charge in [0.05, 0.1) is 0 Å². The van der Waals surface area contributed by atoms with Crippen molar-refractivity contribution in [2.45, 2.75) is 18.9 Å². The molecule has 1 aliphatic heterocycles. The first-order valence-corrected chi connectivity index (χ1v) is 6.42. The molecule has 0 bridgehead atoms. The fourth-order valence-electron chi connectivity index (χ4n) is 2.29. The number of para-hydroxylation sites is 1. The number of nitrogens with zero attached hydrogens (tertiary/aromatic N) is 2. The number of nitrogens with two attached hydrogens (primary N) is 1. The summed E-state index contributed by atoms with van der Waals surface area (Å²) < 4.78 is 1.54. The molecular weight excluding hydrogens is 264 g/mol. The first-order chi connectivity index (χ1) is 9.15. The molecule has 0 aliphatic carbocycles. The first-order valence-electron chi connectivity index (χ1n) is 6.04. The lowest BCUT2D eigenvalue weighted by Crippen LogP contribution is -2.25. The Kier molecular flexibility index (Phi) is 2.91. The van der Waals surface area contributed by atoms with Crippen LogP contribution < -0.4 is 11.1 Å². The maximum atomic E-state index is 12.2. The van der Waals surface area contributed by atoms with E-state index in [2.05, 4.69) is 10.4 Å². The van der Waals surface area contributed by atoms with Crippen LogP contribution in [-0.2, 0) is 11.2 Å². The molecule has 1 atom stereocenters. The third-order valence-electron chi connectivity index (χ3n) is 3.30. The van der Waals surface area contributed by atoms with Gasteiger partial charge in [0.15, 0.2) is 5.82 Å². The zero-order valence-corrected chi connectivity index (χ0v) is 10.9. The fraction of sp³-hybridized carbons (Fsp3) is 0.231. The molecule has 1 aliphatic rings. The Morgan fingerprint density at radius 1 is 1.42 bits per heavy atom. The van der Waals surface area contributed by atoms with Crippen molar-refractivity contribution in [1.82, 2.24) is 9.78 Å². The van der Waals surface area contributed by atoms with Crippen molar-refractivity contribution in [2.75, 3.05) is 11.1 Å². The van der Waals surface area contributed by atoms with Gasteiger partial charge in [-0.3, -0.25) is 9.48 Å². The number of halogens is 1. The second kappa shape index (κ2) is 4.59. The summed E-state index contributed by atoms with van der Waals surface area (Å²) in [6, 6.07) is 7.40. The summed E-state index contributed by atoms with van der Waals surface area (Å²) in [6.45, 7) is 0. The Labute approximate surface area is 115 Å². The zero-order valence-electron chi connectivity index (χ0n) is 10.1. The first kappa shape index (κ1) is 12.0. The van der Waals surface area contributed by atoms with Crippen LogP contribution in [-0.4, -0.2) is 15.7 Å². The molecule has 19 heavy (non-hydrogen) atoms. The number of amides is 1. The molecule has 0 fully saturated rings. The summed E-state index contributed by atoms with van der Waals surface area (Å²) in [7, 11) is 0. The van der Waals surface area contributed by atoms with E-state index >= 15 is 0 Å². The lowest BCUT2D eigenvalue weighted by molar-refractivity contribution is -0.119. The molecule has 1 aromatic carbocycles. The molecule has 5 nitrogen and oxygen atoms in total. The molecular formula is C13H13ClN4O. The van der Waals surface area contributed by atoms with Gasteiger partial charge in [0, 0.05) is 11.9 Å². The molecule has 2 heterocycles. The van der Waals surface area contributed by atoms with Crippen molar-refractivity contribution in [3.05, 3.63) is 41.0 Å². The van der Waals surface area contributed by atoms with Crippen LogP contribution in [0.2, 0.25) is 5.02 Å². The largest absolute Gasteiger partial charge is 0.381 e. The number of carbonyl (C=O) groups is 1. The lowest BCUT2D eigenvalue weighted by atomic mass is 10.1. The molecule has 0 spiro atoms. The van der Waals surface area contributed by atoms with Gasteiger partial charge in [-0.15, -0.1) is 0 Å². The van der Waals surface area contributed by atoms with E-state index in [1.54, 1.807) is 10.9 Å². The standard InChI is InChI=1S/C13H13ClN4O/c14-9-7-18(17-12(9)15)11-6-5-8-3-1-2-4-10(8)16-13(11)19/h1-4,7,11H,5-6H2,(H2,15,17)(H,16,19). The van der Waals surface area contributed by atoms with Gasteiger partial charge in [0.2, 0.25) is 5.91 Å². The molecule has 1 unspecified atom stereocenters. The van der Waals surface area contributed by atoms with E-state index in [0.29, 0.717) is 11.4 Å². The van der Waals surface area contributed by atoms with E-state index in [1.807, 2.05) is 24.3 Å². The quantitative estimate of drug-likeness (QED) is 0.839. The Balaban J connectivity index is 1.92. The normalized spacial score (nSPS) is 18.6. The number of hydrogen-bond acceptors (Lipinski definition) is 3. The number of rotatable bonds is 1. The van der Waals surface area contributed by atoms with Crippen LogP contribution in [0.5, 0.6) is 0 Å². The van der Waals surface area contributed by atoms with E-state index in [1.165, 1.54) is 0 Å². The SMILES string of the molecule is Nc1nn(C2CCc3ccccc3NC2=O)cc1Cl. The average molecular weight is 277 g/mol. The Hall–Kier alpha value is -2.01. The minimum atomic E-state index is -0.387. The smallest absolute Gasteiger partial charge is 0.249 e. The van der Waals surface area contributed by atoms with E-state index in [9.17, 15) is 4.79 Å². The summed E-state index contributed by atoms with van der Waals surface area (Å²) >= 11 is 5.89. The fourth-order valence-corrected chi connectivity index (χ4v) is 2.43. The van der Waals surface area contributed by atoms with Gasteiger partial charge >= 0.3 is 0 Å². The van der Waals surface area contributed by atoms with Crippen molar-refractivity contribution >= 4 is 29.0 Å². The number of aryl methyl sites for hydroxylation is 1. The monoisotopic (exact) mass is 276 g/mol. The van der Waals surface area contributed by atoms with E-state index < -0.39 is 0 Å². The van der Waals surface area contributed by atoms with Crippen LogP contribution in [0.1, 0.15) is 18.0 Å². The molecule has 98 valence electrons. The molecule has 6 heteroatoms. The number of nitrogen functional groups attached to an aromatic ring is 1. The number of anilines is 2. The van der Waals surface area contributed by atoms with Crippen LogP contribution in [0.4, 0.5) is 11.5 Å². The van der Waals surface area contributed by atoms with Crippen LogP contribution in [0.15, 0.2) is 30.5 Å². The van der Waals surface area contributed by atoms with Crippen LogP contribution in [0, 0.1) is 0 Å². The summed E-state index contributed by atoms with van der Waals surface area (Å²) in [4.78, 5) is 12.2. The Bertz CT molecular complexity index is 618. The lowest BCUT2D eigenvalue weighted by Gasteiger charge is -2.13. The number of aromatic nitrogens is 2. The molecule has 0 saturated carbocycles. The van der Waals surface area contributed by atoms with Gasteiger partial charge in [-0.25, -0.2) is 0 Å². The van der Waals surface area contributed by atoms with Gasteiger partial charge < -0.3 is 11.1 Å². The maximum absolute atomic E-state index is 12.2. The topological polar surface area (TPSA) is 72.9 Å². The second-order valence-corrected chi connectivity index (χ2v) is 4.95. The van der Waals surface area contributed by atoms with E-state index in [4.69, 9.17) is 17.3 Å². The van der Waals surface area contributed by atoms with Gasteiger partial charge in [0.25, 0.3) is 0 Å². The molecule has 2 aromatic rings. The van der Waals surface area contributed by atoms with Crippen LogP contribution in [0.3, 0.4) is 0 Å². The van der Waals surface area contributed by atoms with Crippen molar-refractivity contribution in [3.8, 4) is 0 Å². The predicted octanol–water partition coefficient (Wildman–Crippen LogP) is 2.24. The summed E-state index contributed by atoms with van der Waals surface area (Å²) in [6.07, 6.45) is 3.06.